The molecule has 0 radical (unpaired) electrons. The minimum absolute atomic E-state index is 0.0777. The van der Waals surface area contributed by atoms with Crippen LogP contribution in [0.5, 0.6) is 0 Å². The highest BCUT2D eigenvalue weighted by Gasteiger charge is 2.11. The fraction of sp³-hybridized carbons (Fsp3) is 0.350. The molecule has 0 aliphatic carbocycles. The third-order valence-corrected chi connectivity index (χ3v) is 6.07. The molecular weight excluding hydrogens is 442 g/mol. The number of nitrogens with one attached hydrogen (secondary N) is 1. The third-order valence-electron chi connectivity index (χ3n) is 4.55. The molecule has 0 aliphatic rings. The highest BCUT2D eigenvalue weighted by atomic mass is 79.9. The van der Waals surface area contributed by atoms with Crippen LogP contribution in [0, 0.1) is 20.8 Å². The Morgan fingerprint density at radius 1 is 1.21 bits per heavy atom. The van der Waals surface area contributed by atoms with Crippen molar-refractivity contribution >= 4 is 33.4 Å². The molecule has 0 bridgehead atoms. The summed E-state index contributed by atoms with van der Waals surface area (Å²) in [5, 5.41) is 12.5. The van der Waals surface area contributed by atoms with Gasteiger partial charge in [-0.1, -0.05) is 23.7 Å². The Balaban J connectivity index is 1.55. The molecule has 1 aromatic carbocycles. The monoisotopic (exact) mass is 463 g/mol. The van der Waals surface area contributed by atoms with Crippen LogP contribution < -0.4 is 5.32 Å². The second-order valence-electron chi connectivity index (χ2n) is 6.78. The standard InChI is InChI=1S/C20H23BrClN5O/c1-13-18(22)12-26(24-13)9-5-8-23-20(28)17-7-4-6-16(10-17)11-27-15(3)19(21)14(2)25-27/h4,6-7,10,12H,5,8-9,11H2,1-3H3,(H,23,28). The van der Waals surface area contributed by atoms with Gasteiger partial charge in [0.1, 0.15) is 0 Å². The van der Waals surface area contributed by atoms with E-state index in [4.69, 9.17) is 11.6 Å². The SMILES string of the molecule is Cc1nn(CCCNC(=O)c2cccc(Cn3nc(C)c(Br)c3C)c2)cc1Cl. The van der Waals surface area contributed by atoms with E-state index in [1.165, 1.54) is 0 Å². The lowest BCUT2D eigenvalue weighted by atomic mass is 10.1. The Kier molecular flexibility index (Phi) is 6.57. The van der Waals surface area contributed by atoms with Crippen molar-refractivity contribution < 1.29 is 4.79 Å². The van der Waals surface area contributed by atoms with Crippen LogP contribution in [0.15, 0.2) is 34.9 Å². The summed E-state index contributed by atoms with van der Waals surface area (Å²) in [7, 11) is 0. The van der Waals surface area contributed by atoms with Crippen LogP contribution in [0.3, 0.4) is 0 Å². The molecule has 1 N–H and O–H groups in total. The van der Waals surface area contributed by atoms with Gasteiger partial charge in [0, 0.05) is 24.8 Å². The number of aryl methyl sites for hydroxylation is 3. The Morgan fingerprint density at radius 3 is 2.64 bits per heavy atom. The average Bonchev–Trinajstić information content (AvgIpc) is 3.12. The molecule has 0 unspecified atom stereocenters. The summed E-state index contributed by atoms with van der Waals surface area (Å²) in [6, 6.07) is 7.65. The zero-order valence-corrected chi connectivity index (χ0v) is 18.5. The van der Waals surface area contributed by atoms with Crippen molar-refractivity contribution in [2.45, 2.75) is 40.3 Å². The number of halogens is 2. The van der Waals surface area contributed by atoms with Gasteiger partial charge in [-0.2, -0.15) is 10.2 Å². The van der Waals surface area contributed by atoms with Gasteiger partial charge in [0.05, 0.1) is 33.1 Å². The molecule has 2 heterocycles. The maximum absolute atomic E-state index is 12.5. The maximum atomic E-state index is 12.5. The van der Waals surface area contributed by atoms with E-state index in [1.807, 2.05) is 49.7 Å². The Hall–Kier alpha value is -2.12. The molecule has 0 atom stereocenters. The highest BCUT2D eigenvalue weighted by molar-refractivity contribution is 9.10. The number of nitrogens with zero attached hydrogens (tertiary/aromatic N) is 4. The quantitative estimate of drug-likeness (QED) is 0.531. The van der Waals surface area contributed by atoms with E-state index in [2.05, 4.69) is 31.4 Å². The molecule has 3 rings (SSSR count). The van der Waals surface area contributed by atoms with E-state index >= 15 is 0 Å². The smallest absolute Gasteiger partial charge is 0.251 e. The summed E-state index contributed by atoms with van der Waals surface area (Å²) in [6.45, 7) is 7.77. The second kappa shape index (κ2) is 8.92. The first-order chi connectivity index (χ1) is 13.3. The molecule has 2 aromatic heterocycles. The first-order valence-corrected chi connectivity index (χ1v) is 10.3. The predicted octanol–water partition coefficient (Wildman–Crippen LogP) is 4.29. The number of hydrogen-bond acceptors (Lipinski definition) is 3. The van der Waals surface area contributed by atoms with Crippen LogP contribution in [0.25, 0.3) is 0 Å². The zero-order valence-electron chi connectivity index (χ0n) is 16.2. The Labute approximate surface area is 178 Å². The number of rotatable bonds is 7. The summed E-state index contributed by atoms with van der Waals surface area (Å²) in [5.41, 5.74) is 4.53. The number of aromatic nitrogens is 4. The maximum Gasteiger partial charge on any atom is 0.251 e. The van der Waals surface area contributed by atoms with Crippen molar-refractivity contribution in [2.75, 3.05) is 6.54 Å². The molecule has 0 aliphatic heterocycles. The van der Waals surface area contributed by atoms with Crippen LogP contribution in [-0.2, 0) is 13.1 Å². The Morgan fingerprint density at radius 2 is 2.00 bits per heavy atom. The molecule has 0 saturated heterocycles. The molecule has 6 nitrogen and oxygen atoms in total. The van der Waals surface area contributed by atoms with Gasteiger partial charge >= 0.3 is 0 Å². The molecule has 8 heteroatoms. The van der Waals surface area contributed by atoms with Gasteiger partial charge in [0.2, 0.25) is 0 Å². The van der Waals surface area contributed by atoms with Crippen LogP contribution in [-0.4, -0.2) is 32.0 Å². The summed E-state index contributed by atoms with van der Waals surface area (Å²) in [4.78, 5) is 12.5. The Bertz CT molecular complexity index is 975. The van der Waals surface area contributed by atoms with E-state index < -0.39 is 0 Å². The fourth-order valence-electron chi connectivity index (χ4n) is 2.97. The van der Waals surface area contributed by atoms with Gasteiger partial charge in [-0.25, -0.2) is 0 Å². The first kappa shape index (κ1) is 20.6. The lowest BCUT2D eigenvalue weighted by molar-refractivity contribution is 0.0952. The van der Waals surface area contributed by atoms with Gasteiger partial charge in [-0.05, 0) is 60.8 Å². The molecule has 3 aromatic rings. The van der Waals surface area contributed by atoms with Gasteiger partial charge in [-0.15, -0.1) is 0 Å². The molecule has 0 saturated carbocycles. The molecule has 0 fully saturated rings. The number of carbonyl (C=O) groups excluding carboxylic acids is 1. The van der Waals surface area contributed by atoms with Crippen molar-refractivity contribution in [1.29, 1.82) is 0 Å². The lowest BCUT2D eigenvalue weighted by Crippen LogP contribution is -2.25. The van der Waals surface area contributed by atoms with E-state index in [1.54, 1.807) is 10.9 Å². The molecule has 28 heavy (non-hydrogen) atoms. The number of carbonyl (C=O) groups is 1. The minimum Gasteiger partial charge on any atom is -0.352 e. The fourth-order valence-corrected chi connectivity index (χ4v) is 3.40. The van der Waals surface area contributed by atoms with E-state index in [0.717, 1.165) is 33.5 Å². The van der Waals surface area contributed by atoms with Crippen LogP contribution in [0.2, 0.25) is 5.02 Å². The van der Waals surface area contributed by atoms with Crippen molar-refractivity contribution in [1.82, 2.24) is 24.9 Å². The second-order valence-corrected chi connectivity index (χ2v) is 7.98. The van der Waals surface area contributed by atoms with Crippen molar-refractivity contribution in [2.24, 2.45) is 0 Å². The summed E-state index contributed by atoms with van der Waals surface area (Å²) in [6.07, 6.45) is 2.59. The zero-order chi connectivity index (χ0) is 20.3. The van der Waals surface area contributed by atoms with E-state index in [9.17, 15) is 4.79 Å². The van der Waals surface area contributed by atoms with Gasteiger partial charge in [0.15, 0.2) is 0 Å². The molecular formula is C20H23BrClN5O. The van der Waals surface area contributed by atoms with Crippen molar-refractivity contribution in [3.05, 3.63) is 68.2 Å². The van der Waals surface area contributed by atoms with E-state index in [0.29, 0.717) is 30.2 Å². The topological polar surface area (TPSA) is 64.7 Å². The first-order valence-electron chi connectivity index (χ1n) is 9.11. The largest absolute Gasteiger partial charge is 0.352 e. The molecule has 1 amide bonds. The van der Waals surface area contributed by atoms with Crippen LogP contribution >= 0.6 is 27.5 Å². The van der Waals surface area contributed by atoms with Crippen molar-refractivity contribution in [3.63, 3.8) is 0 Å². The normalized spacial score (nSPS) is 11.0. The van der Waals surface area contributed by atoms with Gasteiger partial charge in [0.25, 0.3) is 5.91 Å². The summed E-state index contributed by atoms with van der Waals surface area (Å²) in [5.74, 6) is -0.0777. The molecule has 0 spiro atoms. The number of hydrogen-bond donors (Lipinski definition) is 1. The number of amides is 1. The summed E-state index contributed by atoms with van der Waals surface area (Å²) < 4.78 is 4.76. The van der Waals surface area contributed by atoms with Crippen molar-refractivity contribution in [3.8, 4) is 0 Å². The van der Waals surface area contributed by atoms with Crippen LogP contribution in [0.4, 0.5) is 0 Å². The molecule has 148 valence electrons. The summed E-state index contributed by atoms with van der Waals surface area (Å²) >= 11 is 9.55. The van der Waals surface area contributed by atoms with Crippen LogP contribution in [0.1, 0.15) is 39.4 Å². The van der Waals surface area contributed by atoms with Gasteiger partial charge < -0.3 is 5.32 Å². The predicted molar refractivity (Wildman–Crippen MR) is 114 cm³/mol. The third kappa shape index (κ3) is 4.83. The average molecular weight is 465 g/mol. The highest BCUT2D eigenvalue weighted by Crippen LogP contribution is 2.20. The number of benzene rings is 1. The van der Waals surface area contributed by atoms with Gasteiger partial charge in [-0.3, -0.25) is 14.2 Å². The minimum atomic E-state index is -0.0777. The lowest BCUT2D eigenvalue weighted by Gasteiger charge is -2.09. The van der Waals surface area contributed by atoms with E-state index in [-0.39, 0.29) is 5.91 Å².